The van der Waals surface area contributed by atoms with Gasteiger partial charge in [0.15, 0.2) is 11.6 Å². The number of hydrogen-bond acceptors (Lipinski definition) is 3. The molecule has 0 fully saturated rings. The molecule has 0 aliphatic rings. The highest BCUT2D eigenvalue weighted by Crippen LogP contribution is 2.28. The predicted octanol–water partition coefficient (Wildman–Crippen LogP) is 4.54. The molecule has 0 spiro atoms. The number of halogens is 2. The van der Waals surface area contributed by atoms with Gasteiger partial charge in [0.2, 0.25) is 0 Å². The molecule has 2 aromatic carbocycles. The van der Waals surface area contributed by atoms with Gasteiger partial charge in [-0.1, -0.05) is 32.0 Å². The quantitative estimate of drug-likeness (QED) is 0.493. The standard InChI is InChI=1S/C23H22F2N4O2/c1-12(2)11-29(23(31)20-8-14-6-4-5-7-19(14)26-20)13(3)21-15-9-17(24)18(25)10-16(15)22(30)28-27-21/h4-10,12-13,26H,11H2,1-3H3,(H,28,30). The van der Waals surface area contributed by atoms with Crippen LogP contribution in [-0.4, -0.2) is 32.5 Å². The summed E-state index contributed by atoms with van der Waals surface area (Å²) in [5, 5.41) is 7.50. The number of nitrogens with zero attached hydrogens (tertiary/aromatic N) is 2. The number of H-pyrrole nitrogens is 2. The maximum Gasteiger partial charge on any atom is 0.272 e. The molecule has 2 aromatic heterocycles. The monoisotopic (exact) mass is 424 g/mol. The minimum atomic E-state index is -1.11. The normalized spacial score (nSPS) is 12.6. The fourth-order valence-electron chi connectivity index (χ4n) is 3.80. The summed E-state index contributed by atoms with van der Waals surface area (Å²) in [6, 6.07) is 10.6. The van der Waals surface area contributed by atoms with Crippen molar-refractivity contribution < 1.29 is 13.6 Å². The highest BCUT2D eigenvalue weighted by molar-refractivity contribution is 5.98. The summed E-state index contributed by atoms with van der Waals surface area (Å²) in [4.78, 5) is 30.3. The number of rotatable bonds is 5. The summed E-state index contributed by atoms with van der Waals surface area (Å²) in [6.07, 6.45) is 0. The van der Waals surface area contributed by atoms with E-state index < -0.39 is 23.2 Å². The zero-order valence-electron chi connectivity index (χ0n) is 17.4. The molecule has 4 aromatic rings. The summed E-state index contributed by atoms with van der Waals surface area (Å²) in [5.74, 6) is -2.30. The minimum absolute atomic E-state index is 0.0155. The largest absolute Gasteiger partial charge is 0.351 e. The van der Waals surface area contributed by atoms with Crippen LogP contribution in [0.5, 0.6) is 0 Å². The van der Waals surface area contributed by atoms with Gasteiger partial charge in [-0.05, 0) is 37.1 Å². The Kier molecular flexibility index (Phi) is 5.31. The van der Waals surface area contributed by atoms with Crippen LogP contribution in [0.3, 0.4) is 0 Å². The molecule has 0 radical (unpaired) electrons. The Hall–Kier alpha value is -3.55. The lowest BCUT2D eigenvalue weighted by Crippen LogP contribution is -2.37. The van der Waals surface area contributed by atoms with E-state index in [9.17, 15) is 18.4 Å². The highest BCUT2D eigenvalue weighted by atomic mass is 19.2. The molecule has 0 saturated carbocycles. The van der Waals surface area contributed by atoms with Gasteiger partial charge < -0.3 is 9.88 Å². The Bertz CT molecular complexity index is 1310. The van der Waals surface area contributed by atoms with Crippen molar-refractivity contribution in [1.82, 2.24) is 20.1 Å². The van der Waals surface area contributed by atoms with Gasteiger partial charge >= 0.3 is 0 Å². The van der Waals surface area contributed by atoms with Gasteiger partial charge in [0.25, 0.3) is 11.5 Å². The van der Waals surface area contributed by atoms with Crippen LogP contribution in [-0.2, 0) is 0 Å². The third-order valence-corrected chi connectivity index (χ3v) is 5.31. The molecule has 1 amide bonds. The highest BCUT2D eigenvalue weighted by Gasteiger charge is 2.28. The third kappa shape index (κ3) is 3.81. The van der Waals surface area contributed by atoms with Gasteiger partial charge in [0.1, 0.15) is 5.69 Å². The SMILES string of the molecule is CC(C)CN(C(=O)c1cc2ccccc2[nH]1)C(C)c1n[nH]c(=O)c2cc(F)c(F)cc12. The molecule has 0 bridgehead atoms. The Morgan fingerprint density at radius 3 is 2.42 bits per heavy atom. The first-order valence-corrected chi connectivity index (χ1v) is 10.0. The number of aromatic amines is 2. The fraction of sp³-hybridized carbons (Fsp3) is 0.261. The zero-order valence-corrected chi connectivity index (χ0v) is 17.4. The first-order valence-electron chi connectivity index (χ1n) is 10.0. The average Bonchev–Trinajstić information content (AvgIpc) is 3.17. The van der Waals surface area contributed by atoms with E-state index in [4.69, 9.17) is 0 Å². The topological polar surface area (TPSA) is 81.8 Å². The second-order valence-corrected chi connectivity index (χ2v) is 8.05. The summed E-state index contributed by atoms with van der Waals surface area (Å²) in [5.41, 5.74) is 0.925. The Morgan fingerprint density at radius 1 is 1.06 bits per heavy atom. The van der Waals surface area contributed by atoms with Crippen LogP contribution in [0, 0.1) is 17.6 Å². The molecule has 0 aliphatic carbocycles. The number of carbonyl (C=O) groups excluding carboxylic acids is 1. The van der Waals surface area contributed by atoms with Crippen LogP contribution >= 0.6 is 0 Å². The predicted molar refractivity (Wildman–Crippen MR) is 115 cm³/mol. The maximum absolute atomic E-state index is 14.0. The van der Waals surface area contributed by atoms with Crippen molar-refractivity contribution in [3.05, 3.63) is 75.8 Å². The van der Waals surface area contributed by atoms with Crippen molar-refractivity contribution in [2.24, 2.45) is 5.92 Å². The molecule has 8 heteroatoms. The van der Waals surface area contributed by atoms with E-state index in [2.05, 4.69) is 15.2 Å². The Morgan fingerprint density at radius 2 is 1.74 bits per heavy atom. The number of nitrogens with one attached hydrogen (secondary N) is 2. The van der Waals surface area contributed by atoms with Crippen molar-refractivity contribution in [3.63, 3.8) is 0 Å². The molecule has 1 unspecified atom stereocenters. The summed E-state index contributed by atoms with van der Waals surface area (Å²) >= 11 is 0. The van der Waals surface area contributed by atoms with Gasteiger partial charge in [0, 0.05) is 22.8 Å². The van der Waals surface area contributed by atoms with Crippen LogP contribution in [0.25, 0.3) is 21.7 Å². The summed E-state index contributed by atoms with van der Waals surface area (Å²) in [7, 11) is 0. The lowest BCUT2D eigenvalue weighted by atomic mass is 10.0. The van der Waals surface area contributed by atoms with E-state index in [0.717, 1.165) is 23.0 Å². The minimum Gasteiger partial charge on any atom is -0.351 e. The van der Waals surface area contributed by atoms with E-state index in [1.807, 2.05) is 38.1 Å². The van der Waals surface area contributed by atoms with E-state index in [1.165, 1.54) is 0 Å². The van der Waals surface area contributed by atoms with E-state index >= 15 is 0 Å². The van der Waals surface area contributed by atoms with Crippen molar-refractivity contribution in [3.8, 4) is 0 Å². The molecular formula is C23H22F2N4O2. The molecule has 2 heterocycles. The van der Waals surface area contributed by atoms with E-state index in [0.29, 0.717) is 17.9 Å². The molecule has 6 nitrogen and oxygen atoms in total. The molecule has 160 valence electrons. The van der Waals surface area contributed by atoms with Crippen LogP contribution in [0.4, 0.5) is 8.78 Å². The van der Waals surface area contributed by atoms with Crippen molar-refractivity contribution in [2.75, 3.05) is 6.54 Å². The summed E-state index contributed by atoms with van der Waals surface area (Å²) < 4.78 is 27.7. The second kappa shape index (κ2) is 7.94. The van der Waals surface area contributed by atoms with Crippen molar-refractivity contribution in [1.29, 1.82) is 0 Å². The molecule has 31 heavy (non-hydrogen) atoms. The molecule has 1 atom stereocenters. The van der Waals surface area contributed by atoms with E-state index in [-0.39, 0.29) is 22.6 Å². The number of para-hydroxylation sites is 1. The van der Waals surface area contributed by atoms with Crippen LogP contribution in [0.2, 0.25) is 0 Å². The lowest BCUT2D eigenvalue weighted by Gasteiger charge is -2.30. The van der Waals surface area contributed by atoms with Gasteiger partial charge in [-0.25, -0.2) is 13.9 Å². The van der Waals surface area contributed by atoms with Crippen LogP contribution < -0.4 is 5.56 Å². The molecule has 0 saturated heterocycles. The third-order valence-electron chi connectivity index (χ3n) is 5.31. The number of hydrogen-bond donors (Lipinski definition) is 2. The Balaban J connectivity index is 1.81. The number of amides is 1. The number of aromatic nitrogens is 3. The van der Waals surface area contributed by atoms with Crippen molar-refractivity contribution >= 4 is 27.6 Å². The first kappa shape index (κ1) is 20.7. The first-order chi connectivity index (χ1) is 14.8. The number of fused-ring (bicyclic) bond motifs is 2. The van der Waals surface area contributed by atoms with Crippen LogP contribution in [0.15, 0.2) is 47.3 Å². The molecular weight excluding hydrogens is 402 g/mol. The zero-order chi connectivity index (χ0) is 22.3. The maximum atomic E-state index is 14.0. The lowest BCUT2D eigenvalue weighted by molar-refractivity contribution is 0.0657. The van der Waals surface area contributed by atoms with Gasteiger partial charge in [-0.3, -0.25) is 9.59 Å². The van der Waals surface area contributed by atoms with Gasteiger partial charge in [0.05, 0.1) is 17.1 Å². The summed E-state index contributed by atoms with van der Waals surface area (Å²) in [6.45, 7) is 6.11. The fourth-order valence-corrected chi connectivity index (χ4v) is 3.80. The smallest absolute Gasteiger partial charge is 0.272 e. The molecule has 4 rings (SSSR count). The number of carbonyl (C=O) groups is 1. The van der Waals surface area contributed by atoms with Crippen molar-refractivity contribution in [2.45, 2.75) is 26.8 Å². The average molecular weight is 424 g/mol. The van der Waals surface area contributed by atoms with Gasteiger partial charge in [-0.2, -0.15) is 5.10 Å². The molecule has 0 aliphatic heterocycles. The Labute approximate surface area is 176 Å². The van der Waals surface area contributed by atoms with Gasteiger partial charge in [-0.15, -0.1) is 0 Å². The molecule has 2 N–H and O–H groups in total. The van der Waals surface area contributed by atoms with Crippen LogP contribution in [0.1, 0.15) is 43.0 Å². The van der Waals surface area contributed by atoms with E-state index in [1.54, 1.807) is 17.9 Å². The second-order valence-electron chi connectivity index (χ2n) is 8.05. The number of benzene rings is 2.